The Labute approximate surface area is 237 Å². The Morgan fingerprint density at radius 2 is 1.30 bits per heavy atom. The van der Waals surface area contributed by atoms with E-state index in [1.807, 2.05) is 0 Å². The molecule has 1 unspecified atom stereocenters. The van der Waals surface area contributed by atoms with Gasteiger partial charge in [-0.3, -0.25) is 14.4 Å². The van der Waals surface area contributed by atoms with Crippen molar-refractivity contribution in [1.82, 2.24) is 0 Å². The lowest BCUT2D eigenvalue weighted by Crippen LogP contribution is -2.35. The molecule has 0 aliphatic carbocycles. The summed E-state index contributed by atoms with van der Waals surface area (Å²) in [5.41, 5.74) is 1.33. The third kappa shape index (κ3) is 16.3. The van der Waals surface area contributed by atoms with Crippen molar-refractivity contribution in [2.45, 2.75) is 122 Å². The first-order chi connectivity index (χ1) is 19.2. The number of rotatable bonds is 22. The van der Waals surface area contributed by atoms with E-state index in [1.54, 1.807) is 24.3 Å². The number of anilines is 1. The zero-order valence-electron chi connectivity index (χ0n) is 23.8. The number of ether oxygens (including phenoxy) is 1. The minimum atomic E-state index is -5.29. The maximum atomic E-state index is 12.4. The predicted octanol–water partition coefficient (Wildman–Crippen LogP) is 8.24. The number of benzene rings is 1. The summed E-state index contributed by atoms with van der Waals surface area (Å²) in [5.74, 6) is -6.55. The van der Waals surface area contributed by atoms with E-state index in [-0.39, 0.29) is 18.9 Å². The molecular formula is C31H45F3N2O4. The third-order valence-electron chi connectivity index (χ3n) is 6.79. The van der Waals surface area contributed by atoms with Crippen molar-refractivity contribution >= 4 is 23.3 Å². The molecule has 0 bridgehead atoms. The van der Waals surface area contributed by atoms with E-state index in [9.17, 15) is 27.6 Å². The first-order valence-electron chi connectivity index (χ1n) is 14.7. The number of alkyl halides is 3. The fourth-order valence-corrected chi connectivity index (χ4v) is 4.37. The second kappa shape index (κ2) is 20.9. The van der Waals surface area contributed by atoms with Crippen molar-refractivity contribution < 1.29 is 32.3 Å². The first-order valence-corrected chi connectivity index (χ1v) is 14.7. The largest absolute Gasteiger partial charge is 0.464 e. The monoisotopic (exact) mass is 566 g/mol. The van der Waals surface area contributed by atoms with Crippen LogP contribution in [-0.4, -0.2) is 30.4 Å². The van der Waals surface area contributed by atoms with Crippen molar-refractivity contribution in [2.24, 2.45) is 5.92 Å². The van der Waals surface area contributed by atoms with Crippen molar-refractivity contribution in [3.05, 3.63) is 29.8 Å². The molecule has 0 saturated heterocycles. The average molecular weight is 567 g/mol. The van der Waals surface area contributed by atoms with Crippen LogP contribution < -0.4 is 5.32 Å². The maximum Gasteiger partial charge on any atom is 0.452 e. The van der Waals surface area contributed by atoms with Crippen LogP contribution in [0, 0.1) is 17.2 Å². The number of esters is 1. The van der Waals surface area contributed by atoms with Gasteiger partial charge in [0, 0.05) is 18.5 Å². The molecule has 0 spiro atoms. The van der Waals surface area contributed by atoms with Crippen LogP contribution in [0.1, 0.15) is 115 Å². The molecule has 0 aliphatic rings. The van der Waals surface area contributed by atoms with Gasteiger partial charge in [0.2, 0.25) is 11.8 Å². The second-order valence-electron chi connectivity index (χ2n) is 10.3. The van der Waals surface area contributed by atoms with Gasteiger partial charge in [0.15, 0.2) is 0 Å². The summed E-state index contributed by atoms with van der Waals surface area (Å²) in [6, 6.07) is 7.80. The van der Waals surface area contributed by atoms with E-state index in [4.69, 9.17) is 5.26 Å². The summed E-state index contributed by atoms with van der Waals surface area (Å²) in [6.07, 6.45) is 14.4. The molecule has 0 radical (unpaired) electrons. The summed E-state index contributed by atoms with van der Waals surface area (Å²) in [7, 11) is 0. The molecule has 0 saturated carbocycles. The predicted molar refractivity (Wildman–Crippen MR) is 149 cm³/mol. The quantitative estimate of drug-likeness (QED) is 0.0866. The van der Waals surface area contributed by atoms with Crippen LogP contribution in [-0.2, 0) is 25.5 Å². The number of Topliss-reactive ketones (excluding diaryl/α,β-unsaturated/α-hetero) is 1. The molecule has 1 aromatic rings. The SMILES string of the molecule is CCCCCCCCCCCCCCCCCC(=O)Nc1ccc(CCOC(=O)C(C#N)C(=O)C(F)(F)F)cc1. The highest BCUT2D eigenvalue weighted by molar-refractivity contribution is 6.04. The van der Waals surface area contributed by atoms with Crippen LogP contribution in [0.25, 0.3) is 0 Å². The molecular weight excluding hydrogens is 521 g/mol. The lowest BCUT2D eigenvalue weighted by atomic mass is 10.0. The normalized spacial score (nSPS) is 12.0. The van der Waals surface area contributed by atoms with Gasteiger partial charge < -0.3 is 10.1 Å². The average Bonchev–Trinajstić information content (AvgIpc) is 2.91. The molecule has 40 heavy (non-hydrogen) atoms. The number of halogens is 3. The van der Waals surface area contributed by atoms with E-state index in [0.717, 1.165) is 25.3 Å². The minimum Gasteiger partial charge on any atom is -0.464 e. The molecule has 0 fully saturated rings. The topological polar surface area (TPSA) is 96.3 Å². The van der Waals surface area contributed by atoms with Gasteiger partial charge in [-0.25, -0.2) is 0 Å². The van der Waals surface area contributed by atoms with Crippen molar-refractivity contribution in [1.29, 1.82) is 5.26 Å². The molecule has 1 atom stereocenters. The summed E-state index contributed by atoms with van der Waals surface area (Å²) >= 11 is 0. The summed E-state index contributed by atoms with van der Waals surface area (Å²) in [4.78, 5) is 35.0. The molecule has 0 heterocycles. The molecule has 0 aromatic heterocycles. The molecule has 6 nitrogen and oxygen atoms in total. The number of ketones is 1. The fraction of sp³-hybridized carbons (Fsp3) is 0.677. The van der Waals surface area contributed by atoms with Gasteiger partial charge >= 0.3 is 12.1 Å². The number of carbonyl (C=O) groups excluding carboxylic acids is 3. The zero-order valence-corrected chi connectivity index (χ0v) is 23.8. The standard InChI is InChI=1S/C31H45F3N2O4/c1-2-3-4-5-6-7-8-9-10-11-12-13-14-15-16-17-28(37)36-26-20-18-25(19-21-26)22-23-40-30(39)27(24-35)29(38)31(32,33)34/h18-21,27H,2-17,22-23H2,1H3,(H,36,37). The van der Waals surface area contributed by atoms with Gasteiger partial charge in [0.05, 0.1) is 12.7 Å². The van der Waals surface area contributed by atoms with Gasteiger partial charge in [0.1, 0.15) is 0 Å². The second-order valence-corrected chi connectivity index (χ2v) is 10.3. The Morgan fingerprint density at radius 3 is 1.75 bits per heavy atom. The minimum absolute atomic E-state index is 0.0618. The summed E-state index contributed by atoms with van der Waals surface area (Å²) < 4.78 is 42.0. The maximum absolute atomic E-state index is 12.4. The Morgan fingerprint density at radius 1 is 0.825 bits per heavy atom. The van der Waals surface area contributed by atoms with Gasteiger partial charge in [-0.2, -0.15) is 18.4 Å². The number of nitrogens with one attached hydrogen (secondary N) is 1. The van der Waals surface area contributed by atoms with Gasteiger partial charge in [-0.15, -0.1) is 0 Å². The van der Waals surface area contributed by atoms with E-state index < -0.39 is 23.8 Å². The highest BCUT2D eigenvalue weighted by atomic mass is 19.4. The fourth-order valence-electron chi connectivity index (χ4n) is 4.37. The number of hydrogen-bond donors (Lipinski definition) is 1. The van der Waals surface area contributed by atoms with Crippen molar-refractivity contribution in [3.8, 4) is 6.07 Å². The van der Waals surface area contributed by atoms with Crippen molar-refractivity contribution in [3.63, 3.8) is 0 Å². The van der Waals surface area contributed by atoms with E-state index in [0.29, 0.717) is 17.7 Å². The number of nitriles is 1. The summed E-state index contributed by atoms with van der Waals surface area (Å²) in [6.45, 7) is 1.96. The van der Waals surface area contributed by atoms with Gasteiger partial charge in [-0.05, 0) is 24.1 Å². The van der Waals surface area contributed by atoms with E-state index >= 15 is 0 Å². The lowest BCUT2D eigenvalue weighted by molar-refractivity contribution is -0.178. The number of carbonyl (C=O) groups is 3. The molecule has 1 amide bonds. The molecule has 1 rings (SSSR count). The van der Waals surface area contributed by atoms with Crippen LogP contribution in [0.4, 0.5) is 18.9 Å². The van der Waals surface area contributed by atoms with Gasteiger partial charge in [0.25, 0.3) is 5.78 Å². The Bertz CT molecular complexity index is 911. The molecule has 224 valence electrons. The Balaban J connectivity index is 2.10. The van der Waals surface area contributed by atoms with Crippen LogP contribution in [0.15, 0.2) is 24.3 Å². The van der Waals surface area contributed by atoms with E-state index in [2.05, 4.69) is 17.0 Å². The number of unbranched alkanes of at least 4 members (excludes halogenated alkanes) is 14. The van der Waals surface area contributed by atoms with Crippen LogP contribution >= 0.6 is 0 Å². The molecule has 1 aromatic carbocycles. The zero-order chi connectivity index (χ0) is 29.6. The first kappa shape index (κ1) is 35.1. The highest BCUT2D eigenvalue weighted by Crippen LogP contribution is 2.22. The number of amides is 1. The molecule has 9 heteroatoms. The Hall–Kier alpha value is -2.89. The third-order valence-corrected chi connectivity index (χ3v) is 6.79. The lowest BCUT2D eigenvalue weighted by Gasteiger charge is -2.11. The number of hydrogen-bond acceptors (Lipinski definition) is 5. The summed E-state index contributed by atoms with van der Waals surface area (Å²) in [5, 5.41) is 11.5. The number of nitrogens with zero attached hydrogens (tertiary/aromatic N) is 1. The molecule has 1 N–H and O–H groups in total. The smallest absolute Gasteiger partial charge is 0.452 e. The molecule has 0 aliphatic heterocycles. The van der Waals surface area contributed by atoms with Crippen molar-refractivity contribution in [2.75, 3.05) is 11.9 Å². The van der Waals surface area contributed by atoms with E-state index in [1.165, 1.54) is 77.0 Å². The van der Waals surface area contributed by atoms with Crippen LogP contribution in [0.2, 0.25) is 0 Å². The highest BCUT2D eigenvalue weighted by Gasteiger charge is 2.47. The van der Waals surface area contributed by atoms with Crippen LogP contribution in [0.3, 0.4) is 0 Å². The Kier molecular flexibility index (Phi) is 18.4. The van der Waals surface area contributed by atoms with Gasteiger partial charge in [-0.1, -0.05) is 109 Å². The van der Waals surface area contributed by atoms with Crippen LogP contribution in [0.5, 0.6) is 0 Å².